The summed E-state index contributed by atoms with van der Waals surface area (Å²) >= 11 is 0. The summed E-state index contributed by atoms with van der Waals surface area (Å²) in [6, 6.07) is 40.7. The van der Waals surface area contributed by atoms with Crippen molar-refractivity contribution in [1.82, 2.24) is 59.6 Å². The Kier molecular flexibility index (Phi) is 42.2. The van der Waals surface area contributed by atoms with Crippen LogP contribution in [-0.2, 0) is 119 Å². The molecule has 4 saturated heterocycles. The van der Waals surface area contributed by atoms with E-state index in [1.807, 2.05) is 0 Å². The number of ether oxygens (including phenoxy) is 4. The van der Waals surface area contributed by atoms with Gasteiger partial charge < -0.3 is 80.2 Å². The fourth-order valence-corrected chi connectivity index (χ4v) is 16.8. The molecule has 0 aromatic heterocycles. The van der Waals surface area contributed by atoms with Gasteiger partial charge in [0.05, 0.1) is 64.9 Å². The number of rotatable bonds is 46. The Morgan fingerprint density at radius 2 is 0.536 bits per heavy atom. The topological polar surface area (TPSA) is 316 Å². The Hall–Kier alpha value is -11.1. The van der Waals surface area contributed by atoms with Crippen LogP contribution in [0.3, 0.4) is 0 Å². The smallest absolute Gasteiger partial charge is 0.375 e. The molecule has 0 bridgehead atoms. The van der Waals surface area contributed by atoms with Gasteiger partial charge in [-0.1, -0.05) is 170 Å². The lowest BCUT2D eigenvalue weighted by molar-refractivity contribution is -0.186. The van der Waals surface area contributed by atoms with Gasteiger partial charge in [0, 0.05) is 103 Å². The summed E-state index contributed by atoms with van der Waals surface area (Å²) in [7, 11) is 6.77. The average molecular weight is 1950 g/mol. The van der Waals surface area contributed by atoms with Gasteiger partial charge in [-0.2, -0.15) is 52.7 Å². The summed E-state index contributed by atoms with van der Waals surface area (Å²) in [5.74, 6) is -10.9. The van der Waals surface area contributed by atoms with Crippen LogP contribution in [0.2, 0.25) is 0 Å². The van der Waals surface area contributed by atoms with Crippen LogP contribution in [0.4, 0.5) is 52.7 Å². The van der Waals surface area contributed by atoms with Gasteiger partial charge in [0.15, 0.2) is 0 Å². The van der Waals surface area contributed by atoms with Gasteiger partial charge in [-0.05, 0) is 164 Å². The molecule has 10 rings (SSSR count). The number of nitrogens with zero attached hydrogens (tertiary/aromatic N) is 10. The fourth-order valence-electron chi connectivity index (χ4n) is 16.8. The van der Waals surface area contributed by atoms with Crippen LogP contribution in [0, 0.1) is 0 Å². The van der Waals surface area contributed by atoms with Crippen molar-refractivity contribution in [3.05, 3.63) is 214 Å². The van der Waals surface area contributed by atoms with E-state index in [0.29, 0.717) is 75.6 Å². The van der Waals surface area contributed by atoms with Crippen molar-refractivity contribution in [3.8, 4) is 0 Å². The Morgan fingerprint density at radius 3 is 0.746 bits per heavy atom. The van der Waals surface area contributed by atoms with Crippen molar-refractivity contribution in [1.29, 1.82) is 0 Å². The molecule has 6 aromatic rings. The quantitative estimate of drug-likeness (QED) is 0.0258. The number of halogens is 12. The maximum atomic E-state index is 14.2. The molecule has 0 unspecified atom stereocenters. The Balaban J connectivity index is 0.000000315. The first kappa shape index (κ1) is 110. The van der Waals surface area contributed by atoms with Gasteiger partial charge in [-0.3, -0.25) is 57.7 Å². The van der Waals surface area contributed by atoms with Crippen molar-refractivity contribution in [2.24, 2.45) is 11.5 Å². The number of nitrogens with two attached hydrogens (primary N) is 2. The van der Waals surface area contributed by atoms with E-state index in [-0.39, 0.29) is 144 Å². The molecule has 6 aromatic carbocycles. The maximum Gasteiger partial charge on any atom is 0.471 e. The number of likely N-dealkylation sites (tertiary alicyclic amines) is 4. The Morgan fingerprint density at radius 1 is 0.326 bits per heavy atom. The number of nitrogens with one attached hydrogen (secondary N) is 2. The standard InChI is InChI=1S/C54H72F6N8O8.C44H54F6N6O6/c1-37(63(3)4)47(69)61-45(49(71)67-27-13-19-43(67)31-65(51(73)53(55,56)57)29-25-39-15-9-7-10-16-39)35-75-33-41-21-23-42(24-22-41)34-76-36-46(62-48(70)38(2)64(5)6)50(72)68-28-14-20-44(68)32-66(52(74)54(58,59)60)30-26-40-17-11-8-12-18-40;45-43(46,47)41(59)53(23-19-31-9-3-1-4-10-31)25-35-13-7-21-55(35)39(57)37(51)29-61-27-33-15-17-34(18-16-33)28-62-30-38(52)40(58)56-22-8-14-36(56)26-54(42(60)44(48,49)50)24-20-32-11-5-2-6-12-32/h7-12,15-18,21-24,37-38,43-46H,13-14,19-20,25-36H2,1-6H3,(H,61,69)(H,62,70);1-6,9-12,15-18,35-38H,7-8,13-14,19-30,51-52H2/t37-,38-,43-,44-,45-,46-;35-,36-,37-,38-/m00/s1. The molecule has 4 aliphatic heterocycles. The number of amides is 10. The maximum absolute atomic E-state index is 14.2. The summed E-state index contributed by atoms with van der Waals surface area (Å²) in [5.41, 5.74) is 18.3. The number of hydrogen-bond acceptors (Lipinski definition) is 18. The lowest BCUT2D eigenvalue weighted by Crippen LogP contribution is -2.57. The number of carbonyl (C=O) groups is 10. The molecule has 4 fully saturated rings. The number of hydrogen-bond donors (Lipinski definition) is 4. The molecule has 0 saturated carbocycles. The zero-order chi connectivity index (χ0) is 101. The third-order valence-electron chi connectivity index (χ3n) is 25.0. The molecule has 4 heterocycles. The molecule has 10 atom stereocenters. The predicted octanol–water partition coefficient (Wildman–Crippen LogP) is 9.46. The second-order valence-corrected chi connectivity index (χ2v) is 35.6. The van der Waals surface area contributed by atoms with Crippen molar-refractivity contribution in [2.45, 2.75) is 202 Å². The van der Waals surface area contributed by atoms with Crippen LogP contribution in [-0.4, -0.2) is 326 Å². The van der Waals surface area contributed by atoms with Crippen molar-refractivity contribution in [3.63, 3.8) is 0 Å². The molecular weight excluding hydrogens is 1830 g/mol. The van der Waals surface area contributed by atoms with Gasteiger partial charge in [-0.15, -0.1) is 0 Å². The first-order chi connectivity index (χ1) is 65.4. The summed E-state index contributed by atoms with van der Waals surface area (Å²) in [4.78, 5) is 144. The molecule has 0 spiro atoms. The highest BCUT2D eigenvalue weighted by atomic mass is 19.4. The summed E-state index contributed by atoms with van der Waals surface area (Å²) < 4.78 is 188. The number of alkyl halides is 12. The largest absolute Gasteiger partial charge is 0.471 e. The van der Waals surface area contributed by atoms with Crippen LogP contribution in [0.1, 0.15) is 110 Å². The van der Waals surface area contributed by atoms with Crippen LogP contribution in [0.5, 0.6) is 0 Å². The molecular formula is C98H126F12N14O14. The molecule has 0 aliphatic carbocycles. The first-order valence-electron chi connectivity index (χ1n) is 46.2. The third kappa shape index (κ3) is 34.1. The minimum Gasteiger partial charge on any atom is -0.375 e. The lowest BCUT2D eigenvalue weighted by Gasteiger charge is -2.34. The average Bonchev–Trinajstić information content (AvgIpc) is 1.52. The van der Waals surface area contributed by atoms with E-state index >= 15 is 0 Å². The molecule has 40 heteroatoms. The second-order valence-electron chi connectivity index (χ2n) is 35.6. The highest BCUT2D eigenvalue weighted by Crippen LogP contribution is 2.31. The minimum absolute atomic E-state index is 0.0112. The van der Waals surface area contributed by atoms with E-state index in [1.54, 1.807) is 222 Å². The molecule has 28 nitrogen and oxygen atoms in total. The van der Waals surface area contributed by atoms with E-state index < -0.39 is 144 Å². The van der Waals surface area contributed by atoms with Gasteiger partial charge in [0.25, 0.3) is 0 Å². The van der Waals surface area contributed by atoms with Crippen LogP contribution < -0.4 is 22.1 Å². The molecule has 6 N–H and O–H groups in total. The van der Waals surface area contributed by atoms with E-state index in [4.69, 9.17) is 30.4 Å². The lowest BCUT2D eigenvalue weighted by atomic mass is 10.1. The predicted molar refractivity (Wildman–Crippen MR) is 488 cm³/mol. The summed E-state index contributed by atoms with van der Waals surface area (Å²) in [6.45, 7) is 1.61. The van der Waals surface area contributed by atoms with Gasteiger partial charge in [-0.25, -0.2) is 0 Å². The van der Waals surface area contributed by atoms with Crippen LogP contribution in [0.25, 0.3) is 0 Å². The van der Waals surface area contributed by atoms with E-state index in [1.165, 1.54) is 19.6 Å². The number of carbonyl (C=O) groups excluding carboxylic acids is 10. The number of benzene rings is 6. The first-order valence-corrected chi connectivity index (χ1v) is 46.2. The van der Waals surface area contributed by atoms with E-state index in [2.05, 4.69) is 10.6 Å². The normalized spacial score (nSPS) is 17.7. The second kappa shape index (κ2) is 52.8. The highest BCUT2D eigenvalue weighted by molar-refractivity contribution is 5.92. The summed E-state index contributed by atoms with van der Waals surface area (Å²) in [5, 5.41) is 5.53. The van der Waals surface area contributed by atoms with Crippen molar-refractivity contribution in [2.75, 3.05) is 133 Å². The zero-order valence-corrected chi connectivity index (χ0v) is 78.4. The fraction of sp³-hybridized carbons (Fsp3) is 0.531. The minimum atomic E-state index is -5.13. The molecule has 10 amide bonds. The Bertz CT molecular complexity index is 4570. The zero-order valence-electron chi connectivity index (χ0n) is 78.4. The molecule has 138 heavy (non-hydrogen) atoms. The van der Waals surface area contributed by atoms with Crippen molar-refractivity contribution < 1.29 is 120 Å². The molecule has 4 aliphatic rings. The number of likely N-dealkylation sites (N-methyl/N-ethyl adjacent to an activating group) is 2. The van der Waals surface area contributed by atoms with E-state index in [9.17, 15) is 101 Å². The molecule has 756 valence electrons. The molecule has 0 radical (unpaired) electrons. The van der Waals surface area contributed by atoms with Crippen molar-refractivity contribution >= 4 is 59.1 Å². The van der Waals surface area contributed by atoms with Gasteiger partial charge in [0.1, 0.15) is 24.2 Å². The van der Waals surface area contributed by atoms with Crippen LogP contribution in [0.15, 0.2) is 170 Å². The van der Waals surface area contributed by atoms with E-state index in [0.717, 1.165) is 53.0 Å². The van der Waals surface area contributed by atoms with Gasteiger partial charge in [0.2, 0.25) is 35.4 Å². The van der Waals surface area contributed by atoms with Crippen LogP contribution >= 0.6 is 0 Å². The van der Waals surface area contributed by atoms with Gasteiger partial charge >= 0.3 is 48.3 Å². The highest BCUT2D eigenvalue weighted by Gasteiger charge is 2.50. The summed E-state index contributed by atoms with van der Waals surface area (Å²) in [6.07, 6.45) is -16.0. The Labute approximate surface area is 796 Å². The third-order valence-corrected chi connectivity index (χ3v) is 25.0. The SMILES string of the molecule is C[C@@H](C(=O)N[C@@H](COCc1ccc(COC[C@H](NC(=O)[C@H](C)N(C)C)C(=O)N2CCC[C@H]2CN(CCc2ccccc2)C(=O)C(F)(F)F)cc1)C(=O)N1CCC[C@H]1CN(CCc1ccccc1)C(=O)C(F)(F)F)N(C)C.N[C@@H](COCc1ccc(COC[C@H](N)C(=O)N2CCC[C@H]2CN(CCc2ccccc2)C(=O)C(F)(F)F)cc1)C(=O)N1CCC[C@H]1CN(CCc1ccccc1)C(=O)C(F)(F)F. The monoisotopic (exact) mass is 1950 g/mol.